The molecule has 0 heterocycles. The van der Waals surface area contributed by atoms with E-state index in [2.05, 4.69) is 6.58 Å². The summed E-state index contributed by atoms with van der Waals surface area (Å²) in [6, 6.07) is 7.63. The molecule has 0 saturated heterocycles. The first-order valence-electron chi connectivity index (χ1n) is 5.83. The number of Topliss-reactive ketones (excluding diaryl/α,β-unsaturated/α-hetero) is 1. The molecule has 1 aromatic rings. The third kappa shape index (κ3) is 3.65. The first-order chi connectivity index (χ1) is 7.54. The normalized spacial score (nSPS) is 9.38. The highest BCUT2D eigenvalue weighted by molar-refractivity contribution is 6.01. The Morgan fingerprint density at radius 3 is 1.94 bits per heavy atom. The van der Waals surface area contributed by atoms with E-state index in [4.69, 9.17) is 0 Å². The van der Waals surface area contributed by atoms with Gasteiger partial charge in [-0.05, 0) is 12.5 Å². The minimum Gasteiger partial charge on any atom is -0.294 e. The SMILES string of the molecule is C=C(C)c1ccccc1C(=O)C(C)C.CC. The predicted octanol–water partition coefficient (Wildman–Crippen LogP) is 4.58. The molecule has 0 radical (unpaired) electrons. The van der Waals surface area contributed by atoms with Crippen molar-refractivity contribution in [3.63, 3.8) is 0 Å². The third-order valence-electron chi connectivity index (χ3n) is 2.18. The number of allylic oxidation sites excluding steroid dienone is 1. The van der Waals surface area contributed by atoms with E-state index in [1.807, 2.05) is 58.9 Å². The molecule has 0 N–H and O–H groups in total. The maximum atomic E-state index is 11.8. The van der Waals surface area contributed by atoms with Crippen LogP contribution in [0.15, 0.2) is 30.8 Å². The summed E-state index contributed by atoms with van der Waals surface area (Å²) in [4.78, 5) is 11.8. The number of hydrogen-bond donors (Lipinski definition) is 0. The van der Waals surface area contributed by atoms with Crippen LogP contribution in [0.5, 0.6) is 0 Å². The molecule has 0 bridgehead atoms. The summed E-state index contributed by atoms with van der Waals surface area (Å²) in [5.41, 5.74) is 2.69. The van der Waals surface area contributed by atoms with Gasteiger partial charge in [0.05, 0.1) is 0 Å². The molecule has 88 valence electrons. The average Bonchev–Trinajstić information content (AvgIpc) is 2.30. The van der Waals surface area contributed by atoms with E-state index >= 15 is 0 Å². The van der Waals surface area contributed by atoms with Gasteiger partial charge in [-0.2, -0.15) is 0 Å². The van der Waals surface area contributed by atoms with Crippen LogP contribution < -0.4 is 0 Å². The average molecular weight is 218 g/mol. The summed E-state index contributed by atoms with van der Waals surface area (Å²) in [5.74, 6) is 0.221. The van der Waals surface area contributed by atoms with Gasteiger partial charge in [0.15, 0.2) is 5.78 Å². The lowest BCUT2D eigenvalue weighted by Gasteiger charge is -2.09. The minimum atomic E-state index is 0.0375. The topological polar surface area (TPSA) is 17.1 Å². The van der Waals surface area contributed by atoms with E-state index in [1.54, 1.807) is 0 Å². The molecule has 1 heteroatoms. The molecule has 0 spiro atoms. The van der Waals surface area contributed by atoms with Crippen molar-refractivity contribution in [2.24, 2.45) is 5.92 Å². The number of benzene rings is 1. The van der Waals surface area contributed by atoms with Crippen molar-refractivity contribution in [2.45, 2.75) is 34.6 Å². The highest BCUT2D eigenvalue weighted by atomic mass is 16.1. The quantitative estimate of drug-likeness (QED) is 0.678. The van der Waals surface area contributed by atoms with E-state index in [0.717, 1.165) is 16.7 Å². The fraction of sp³-hybridized carbons (Fsp3) is 0.400. The molecule has 0 fully saturated rings. The van der Waals surface area contributed by atoms with E-state index in [1.165, 1.54) is 0 Å². The predicted molar refractivity (Wildman–Crippen MR) is 71.7 cm³/mol. The Balaban J connectivity index is 0.00000106. The standard InChI is InChI=1S/C13H16O.C2H6/c1-9(2)11-7-5-6-8-12(11)13(14)10(3)4;1-2/h5-8,10H,1H2,2-4H3;1-2H3. The minimum absolute atomic E-state index is 0.0375. The van der Waals surface area contributed by atoms with Crippen LogP contribution in [-0.4, -0.2) is 5.78 Å². The fourth-order valence-corrected chi connectivity index (χ4v) is 1.38. The highest BCUT2D eigenvalue weighted by Crippen LogP contribution is 2.19. The largest absolute Gasteiger partial charge is 0.294 e. The number of carbonyl (C=O) groups excluding carboxylic acids is 1. The lowest BCUT2D eigenvalue weighted by molar-refractivity contribution is 0.0939. The summed E-state index contributed by atoms with van der Waals surface area (Å²) in [6.45, 7) is 13.6. The molecule has 0 aliphatic rings. The monoisotopic (exact) mass is 218 g/mol. The second-order valence-corrected chi connectivity index (χ2v) is 3.84. The first-order valence-corrected chi connectivity index (χ1v) is 5.83. The van der Waals surface area contributed by atoms with E-state index < -0.39 is 0 Å². The Labute approximate surface area is 99.2 Å². The van der Waals surface area contributed by atoms with E-state index in [0.29, 0.717) is 0 Å². The van der Waals surface area contributed by atoms with Gasteiger partial charge < -0.3 is 0 Å². The fourth-order valence-electron chi connectivity index (χ4n) is 1.38. The molecule has 0 aromatic heterocycles. The maximum absolute atomic E-state index is 11.8. The number of hydrogen-bond acceptors (Lipinski definition) is 1. The van der Waals surface area contributed by atoms with Crippen LogP contribution >= 0.6 is 0 Å². The van der Waals surface area contributed by atoms with Crippen LogP contribution in [0.4, 0.5) is 0 Å². The molecule has 0 unspecified atom stereocenters. The zero-order valence-corrected chi connectivity index (χ0v) is 11.0. The van der Waals surface area contributed by atoms with Crippen molar-refractivity contribution in [3.05, 3.63) is 42.0 Å². The molecule has 0 atom stereocenters. The van der Waals surface area contributed by atoms with Gasteiger partial charge in [-0.15, -0.1) is 0 Å². The lowest BCUT2D eigenvalue weighted by atomic mass is 9.94. The lowest BCUT2D eigenvalue weighted by Crippen LogP contribution is -2.09. The number of rotatable bonds is 3. The maximum Gasteiger partial charge on any atom is 0.165 e. The van der Waals surface area contributed by atoms with Crippen LogP contribution in [0.25, 0.3) is 5.57 Å². The zero-order chi connectivity index (χ0) is 12.7. The van der Waals surface area contributed by atoms with Crippen LogP contribution in [0.2, 0.25) is 0 Å². The molecule has 1 nitrogen and oxygen atoms in total. The molecule has 1 rings (SSSR count). The Morgan fingerprint density at radius 1 is 1.12 bits per heavy atom. The van der Waals surface area contributed by atoms with Gasteiger partial charge in [-0.3, -0.25) is 4.79 Å². The second kappa shape index (κ2) is 7.00. The van der Waals surface area contributed by atoms with Crippen molar-refractivity contribution in [3.8, 4) is 0 Å². The summed E-state index contributed by atoms with van der Waals surface area (Å²) in [6.07, 6.45) is 0. The van der Waals surface area contributed by atoms with Gasteiger partial charge in [-0.25, -0.2) is 0 Å². The Morgan fingerprint density at radius 2 is 1.56 bits per heavy atom. The first kappa shape index (κ1) is 14.6. The molecule has 0 aliphatic carbocycles. The molecule has 1 aromatic carbocycles. The van der Waals surface area contributed by atoms with E-state index in [9.17, 15) is 4.79 Å². The van der Waals surface area contributed by atoms with Crippen LogP contribution in [0, 0.1) is 5.92 Å². The summed E-state index contributed by atoms with van der Waals surface area (Å²) >= 11 is 0. The molecule has 0 amide bonds. The Kier molecular flexibility index (Phi) is 6.40. The number of carbonyl (C=O) groups is 1. The van der Waals surface area contributed by atoms with Gasteiger partial charge in [0, 0.05) is 11.5 Å². The van der Waals surface area contributed by atoms with Gasteiger partial charge in [-0.1, -0.05) is 64.1 Å². The summed E-state index contributed by atoms with van der Waals surface area (Å²) in [7, 11) is 0. The molecular formula is C15H22O. The summed E-state index contributed by atoms with van der Waals surface area (Å²) < 4.78 is 0. The Bertz CT molecular complexity index is 361. The van der Waals surface area contributed by atoms with Gasteiger partial charge in [0.25, 0.3) is 0 Å². The van der Waals surface area contributed by atoms with Crippen molar-refractivity contribution in [2.75, 3.05) is 0 Å². The molecule has 0 saturated carbocycles. The highest BCUT2D eigenvalue weighted by Gasteiger charge is 2.13. The zero-order valence-electron chi connectivity index (χ0n) is 11.0. The molecule has 0 aliphatic heterocycles. The van der Waals surface area contributed by atoms with Gasteiger partial charge in [0.2, 0.25) is 0 Å². The van der Waals surface area contributed by atoms with Crippen molar-refractivity contribution in [1.82, 2.24) is 0 Å². The van der Waals surface area contributed by atoms with Crippen LogP contribution in [0.3, 0.4) is 0 Å². The van der Waals surface area contributed by atoms with Crippen molar-refractivity contribution in [1.29, 1.82) is 0 Å². The number of ketones is 1. The second-order valence-electron chi connectivity index (χ2n) is 3.84. The van der Waals surface area contributed by atoms with Gasteiger partial charge in [0.1, 0.15) is 0 Å². The smallest absolute Gasteiger partial charge is 0.165 e. The summed E-state index contributed by atoms with van der Waals surface area (Å²) in [5, 5.41) is 0. The van der Waals surface area contributed by atoms with Crippen LogP contribution in [-0.2, 0) is 0 Å². The Hall–Kier alpha value is -1.37. The van der Waals surface area contributed by atoms with E-state index in [-0.39, 0.29) is 11.7 Å². The van der Waals surface area contributed by atoms with Crippen LogP contribution in [0.1, 0.15) is 50.5 Å². The van der Waals surface area contributed by atoms with Gasteiger partial charge >= 0.3 is 0 Å². The van der Waals surface area contributed by atoms with Crippen molar-refractivity contribution < 1.29 is 4.79 Å². The van der Waals surface area contributed by atoms with Crippen molar-refractivity contribution >= 4 is 11.4 Å². The molecular weight excluding hydrogens is 196 g/mol. The third-order valence-corrected chi connectivity index (χ3v) is 2.18. The molecule has 16 heavy (non-hydrogen) atoms.